The van der Waals surface area contributed by atoms with Crippen molar-refractivity contribution in [1.82, 2.24) is 4.90 Å². The van der Waals surface area contributed by atoms with Crippen LogP contribution in [0.3, 0.4) is 0 Å². The molecule has 2 N–H and O–H groups in total. The van der Waals surface area contributed by atoms with Gasteiger partial charge in [0.2, 0.25) is 5.91 Å². The fraction of sp³-hybridized carbons (Fsp3) is 0.231. The lowest BCUT2D eigenvalue weighted by Crippen LogP contribution is -2.52. The number of hydrogen-bond donors (Lipinski definition) is 2. The molecule has 2 unspecified atom stereocenters. The van der Waals surface area contributed by atoms with E-state index >= 15 is 0 Å². The van der Waals surface area contributed by atoms with E-state index in [1.165, 1.54) is 19.2 Å². The molecular weight excluding hydrogens is 439 g/mol. The predicted octanol–water partition coefficient (Wildman–Crippen LogP) is 3.55. The highest BCUT2D eigenvalue weighted by Gasteiger charge is 2.37. The number of aliphatic hydroxyl groups is 1. The second-order valence-corrected chi connectivity index (χ2v) is 7.91. The summed E-state index contributed by atoms with van der Waals surface area (Å²) >= 11 is 0. The van der Waals surface area contributed by atoms with Gasteiger partial charge in [-0.2, -0.15) is 0 Å². The standard InChI is InChI=1S/C26H25FN2O5/c1-33-23-5-3-2-4-21(23)26(32)28-20-12-8-18(9-13-20)25-22(15-30)29(24(31)16-34-25)14-17-6-10-19(27)11-7-17/h2-13,22,25,30H,14-16H2,1H3,(H,28,32). The molecule has 2 amide bonds. The van der Waals surface area contributed by atoms with Crippen LogP contribution in [0, 0.1) is 5.82 Å². The number of halogens is 1. The highest BCUT2D eigenvalue weighted by atomic mass is 19.1. The van der Waals surface area contributed by atoms with E-state index in [2.05, 4.69) is 5.32 Å². The summed E-state index contributed by atoms with van der Waals surface area (Å²) in [7, 11) is 1.51. The number of anilines is 1. The Bertz CT molecular complexity index is 1150. The third kappa shape index (κ3) is 5.08. The van der Waals surface area contributed by atoms with E-state index in [-0.39, 0.29) is 37.4 Å². The van der Waals surface area contributed by atoms with Gasteiger partial charge in [0.25, 0.3) is 5.91 Å². The fourth-order valence-corrected chi connectivity index (χ4v) is 3.99. The van der Waals surface area contributed by atoms with Gasteiger partial charge in [-0.15, -0.1) is 0 Å². The minimum Gasteiger partial charge on any atom is -0.496 e. The molecule has 176 valence electrons. The summed E-state index contributed by atoms with van der Waals surface area (Å²) in [4.78, 5) is 26.7. The molecule has 2 atom stereocenters. The van der Waals surface area contributed by atoms with E-state index in [0.717, 1.165) is 11.1 Å². The van der Waals surface area contributed by atoms with Crippen LogP contribution in [0.25, 0.3) is 0 Å². The normalized spacial score (nSPS) is 18.0. The third-order valence-electron chi connectivity index (χ3n) is 5.76. The van der Waals surface area contributed by atoms with Crippen molar-refractivity contribution in [1.29, 1.82) is 0 Å². The van der Waals surface area contributed by atoms with Crippen LogP contribution in [-0.2, 0) is 16.1 Å². The van der Waals surface area contributed by atoms with Gasteiger partial charge in [-0.05, 0) is 47.5 Å². The van der Waals surface area contributed by atoms with Crippen molar-refractivity contribution in [3.63, 3.8) is 0 Å². The van der Waals surface area contributed by atoms with Crippen LogP contribution in [0.15, 0.2) is 72.8 Å². The molecule has 1 aliphatic rings. The number of rotatable bonds is 7. The zero-order valence-electron chi connectivity index (χ0n) is 18.6. The Morgan fingerprint density at radius 1 is 1.12 bits per heavy atom. The number of hydrogen-bond acceptors (Lipinski definition) is 5. The fourth-order valence-electron chi connectivity index (χ4n) is 3.99. The summed E-state index contributed by atoms with van der Waals surface area (Å²) in [6, 6.07) is 19.3. The number of benzene rings is 3. The van der Waals surface area contributed by atoms with Crippen molar-refractivity contribution < 1.29 is 28.6 Å². The Morgan fingerprint density at radius 3 is 2.50 bits per heavy atom. The van der Waals surface area contributed by atoms with Crippen LogP contribution < -0.4 is 10.1 Å². The summed E-state index contributed by atoms with van der Waals surface area (Å²) in [6.07, 6.45) is -0.554. The quantitative estimate of drug-likeness (QED) is 0.559. The van der Waals surface area contributed by atoms with E-state index in [4.69, 9.17) is 9.47 Å². The number of carbonyl (C=O) groups excluding carboxylic acids is 2. The highest BCUT2D eigenvalue weighted by molar-refractivity contribution is 6.06. The molecule has 3 aromatic rings. The zero-order chi connectivity index (χ0) is 24.1. The Hall–Kier alpha value is -3.75. The average Bonchev–Trinajstić information content (AvgIpc) is 2.87. The Morgan fingerprint density at radius 2 is 1.82 bits per heavy atom. The van der Waals surface area contributed by atoms with Gasteiger partial charge in [0, 0.05) is 12.2 Å². The Kier molecular flexibility index (Phi) is 7.20. The maximum atomic E-state index is 13.2. The van der Waals surface area contributed by atoms with Gasteiger partial charge in [-0.1, -0.05) is 36.4 Å². The lowest BCUT2D eigenvalue weighted by atomic mass is 9.98. The van der Waals surface area contributed by atoms with Gasteiger partial charge in [0.05, 0.1) is 25.3 Å². The van der Waals surface area contributed by atoms with E-state index < -0.39 is 12.1 Å². The highest BCUT2D eigenvalue weighted by Crippen LogP contribution is 2.31. The Balaban J connectivity index is 1.49. The van der Waals surface area contributed by atoms with Crippen LogP contribution in [0.5, 0.6) is 5.75 Å². The molecule has 0 bridgehead atoms. The molecule has 0 saturated carbocycles. The number of nitrogens with zero attached hydrogens (tertiary/aromatic N) is 1. The van der Waals surface area contributed by atoms with Crippen LogP contribution >= 0.6 is 0 Å². The number of amides is 2. The SMILES string of the molecule is COc1ccccc1C(=O)Nc1ccc(C2OCC(=O)N(Cc3ccc(F)cc3)C2CO)cc1. The van der Waals surface area contributed by atoms with Crippen molar-refractivity contribution in [2.24, 2.45) is 0 Å². The number of nitrogens with one attached hydrogen (secondary N) is 1. The molecule has 4 rings (SSSR count). The largest absolute Gasteiger partial charge is 0.496 e. The first-order chi connectivity index (χ1) is 16.5. The number of methoxy groups -OCH3 is 1. The van der Waals surface area contributed by atoms with Crippen molar-refractivity contribution in [2.75, 3.05) is 25.6 Å². The van der Waals surface area contributed by atoms with Gasteiger partial charge >= 0.3 is 0 Å². The first-order valence-corrected chi connectivity index (χ1v) is 10.8. The second kappa shape index (κ2) is 10.5. The number of para-hydroxylation sites is 1. The van der Waals surface area contributed by atoms with E-state index in [9.17, 15) is 19.1 Å². The van der Waals surface area contributed by atoms with Gasteiger partial charge in [-0.3, -0.25) is 9.59 Å². The molecule has 7 nitrogen and oxygen atoms in total. The first-order valence-electron chi connectivity index (χ1n) is 10.8. The summed E-state index contributed by atoms with van der Waals surface area (Å²) < 4.78 is 24.3. The predicted molar refractivity (Wildman–Crippen MR) is 124 cm³/mol. The summed E-state index contributed by atoms with van der Waals surface area (Å²) in [6.45, 7) is -0.199. The van der Waals surface area contributed by atoms with Crippen LogP contribution in [0.4, 0.5) is 10.1 Å². The second-order valence-electron chi connectivity index (χ2n) is 7.91. The monoisotopic (exact) mass is 464 g/mol. The van der Waals surface area contributed by atoms with Gasteiger partial charge in [0.15, 0.2) is 0 Å². The molecule has 3 aromatic carbocycles. The van der Waals surface area contributed by atoms with Gasteiger partial charge < -0.3 is 24.8 Å². The molecule has 1 aliphatic heterocycles. The van der Waals surface area contributed by atoms with Crippen molar-refractivity contribution in [3.8, 4) is 5.75 Å². The number of ether oxygens (including phenoxy) is 2. The van der Waals surface area contributed by atoms with E-state index in [0.29, 0.717) is 17.0 Å². The lowest BCUT2D eigenvalue weighted by molar-refractivity contribution is -0.162. The van der Waals surface area contributed by atoms with Crippen LogP contribution in [0.2, 0.25) is 0 Å². The third-order valence-corrected chi connectivity index (χ3v) is 5.76. The summed E-state index contributed by atoms with van der Waals surface area (Å²) in [5.74, 6) is -0.431. The lowest BCUT2D eigenvalue weighted by Gasteiger charge is -2.40. The van der Waals surface area contributed by atoms with Crippen LogP contribution in [-0.4, -0.2) is 48.2 Å². The maximum Gasteiger partial charge on any atom is 0.259 e. The molecule has 1 fully saturated rings. The van der Waals surface area contributed by atoms with Crippen molar-refractivity contribution in [3.05, 3.63) is 95.3 Å². The summed E-state index contributed by atoms with van der Waals surface area (Å²) in [5, 5.41) is 12.9. The van der Waals surface area contributed by atoms with Gasteiger partial charge in [-0.25, -0.2) is 4.39 Å². The maximum absolute atomic E-state index is 13.2. The molecule has 0 spiro atoms. The average molecular weight is 464 g/mol. The minimum atomic E-state index is -0.611. The van der Waals surface area contributed by atoms with E-state index in [1.807, 2.05) is 0 Å². The molecule has 1 saturated heterocycles. The molecule has 34 heavy (non-hydrogen) atoms. The number of aliphatic hydroxyl groups excluding tert-OH is 1. The Labute approximate surface area is 196 Å². The molecule has 0 aliphatic carbocycles. The first kappa shape index (κ1) is 23.4. The van der Waals surface area contributed by atoms with E-state index in [1.54, 1.807) is 65.6 Å². The smallest absolute Gasteiger partial charge is 0.259 e. The van der Waals surface area contributed by atoms with Crippen LogP contribution in [0.1, 0.15) is 27.6 Å². The number of morpholine rings is 1. The zero-order valence-corrected chi connectivity index (χ0v) is 18.6. The number of carbonyl (C=O) groups is 2. The molecule has 0 radical (unpaired) electrons. The van der Waals surface area contributed by atoms with Crippen molar-refractivity contribution >= 4 is 17.5 Å². The molecule has 1 heterocycles. The molecule has 8 heteroatoms. The topological polar surface area (TPSA) is 88.1 Å². The molecular formula is C26H25FN2O5. The summed E-state index contributed by atoms with van der Waals surface area (Å²) in [5.41, 5.74) is 2.50. The van der Waals surface area contributed by atoms with Gasteiger partial charge in [0.1, 0.15) is 24.3 Å². The van der Waals surface area contributed by atoms with Crippen molar-refractivity contribution in [2.45, 2.75) is 18.7 Å². The molecule has 0 aromatic heterocycles. The minimum absolute atomic E-state index is 0.130.